The molecule has 1 aromatic rings. The Labute approximate surface area is 110 Å². The predicted molar refractivity (Wildman–Crippen MR) is 73.8 cm³/mol. The van der Waals surface area contributed by atoms with Gasteiger partial charge in [0.2, 0.25) is 0 Å². The number of nitrogens with one attached hydrogen (secondary N) is 1. The van der Waals surface area contributed by atoms with Gasteiger partial charge in [0.25, 0.3) is 0 Å². The highest BCUT2D eigenvalue weighted by atomic mass is 16.5. The molecule has 0 bridgehead atoms. The molecule has 0 fully saturated rings. The van der Waals surface area contributed by atoms with Gasteiger partial charge in [0.1, 0.15) is 5.75 Å². The van der Waals surface area contributed by atoms with Crippen LogP contribution in [0, 0.1) is 32.1 Å². The van der Waals surface area contributed by atoms with Crippen LogP contribution < -0.4 is 10.1 Å². The maximum absolute atomic E-state index is 8.94. The molecule has 1 N–H and O–H groups in total. The molecule has 0 saturated heterocycles. The Morgan fingerprint density at radius 1 is 1.28 bits per heavy atom. The summed E-state index contributed by atoms with van der Waals surface area (Å²) in [5.41, 5.74) is 3.57. The van der Waals surface area contributed by atoms with E-state index in [1.54, 1.807) is 0 Å². The summed E-state index contributed by atoms with van der Waals surface area (Å²) in [5, 5.41) is 12.1. The van der Waals surface area contributed by atoms with Crippen LogP contribution in [0.3, 0.4) is 0 Å². The number of nitriles is 1. The Morgan fingerprint density at radius 2 is 1.94 bits per heavy atom. The molecule has 1 rings (SSSR count). The fraction of sp³-hybridized carbons (Fsp3) is 0.533. The lowest BCUT2D eigenvalue weighted by molar-refractivity contribution is 0.294. The molecule has 18 heavy (non-hydrogen) atoms. The first-order valence-electron chi connectivity index (χ1n) is 6.42. The van der Waals surface area contributed by atoms with Gasteiger partial charge in [-0.3, -0.25) is 0 Å². The van der Waals surface area contributed by atoms with E-state index >= 15 is 0 Å². The Balaban J connectivity index is 2.59. The smallest absolute Gasteiger partial charge is 0.125 e. The Bertz CT molecular complexity index is 435. The lowest BCUT2D eigenvalue weighted by atomic mass is 10.1. The van der Waals surface area contributed by atoms with E-state index < -0.39 is 0 Å². The highest BCUT2D eigenvalue weighted by molar-refractivity contribution is 5.44. The molecule has 1 aromatic carbocycles. The number of aryl methyl sites for hydroxylation is 2. The van der Waals surface area contributed by atoms with Gasteiger partial charge in [-0.05, 0) is 44.0 Å². The second-order valence-electron chi connectivity index (χ2n) is 4.53. The molecule has 0 spiro atoms. The second kappa shape index (κ2) is 7.03. The second-order valence-corrected chi connectivity index (χ2v) is 4.53. The summed E-state index contributed by atoms with van der Waals surface area (Å²) in [6.07, 6.45) is 0.706. The molecule has 0 heterocycles. The molecule has 3 heteroatoms. The van der Waals surface area contributed by atoms with Crippen LogP contribution in [0.15, 0.2) is 12.1 Å². The molecule has 0 aromatic heterocycles. The first-order chi connectivity index (χ1) is 8.60. The minimum absolute atomic E-state index is 0.125. The fourth-order valence-corrected chi connectivity index (χ4v) is 1.89. The van der Waals surface area contributed by atoms with Crippen molar-refractivity contribution in [3.05, 3.63) is 28.8 Å². The summed E-state index contributed by atoms with van der Waals surface area (Å²) in [7, 11) is 0. The molecule has 0 aliphatic carbocycles. The van der Waals surface area contributed by atoms with Crippen LogP contribution in [0.4, 0.5) is 0 Å². The SMILES string of the molecule is CCNC(C#N)CCOc1c(C)ccc(C)c1C. The van der Waals surface area contributed by atoms with Crippen molar-refractivity contribution in [2.75, 3.05) is 13.2 Å². The minimum atomic E-state index is -0.125. The lowest BCUT2D eigenvalue weighted by Crippen LogP contribution is -2.29. The number of benzene rings is 1. The lowest BCUT2D eigenvalue weighted by Gasteiger charge is -2.15. The summed E-state index contributed by atoms with van der Waals surface area (Å²) in [6, 6.07) is 6.29. The molecule has 0 radical (unpaired) electrons. The van der Waals surface area contributed by atoms with E-state index in [9.17, 15) is 0 Å². The highest BCUT2D eigenvalue weighted by Crippen LogP contribution is 2.25. The third-order valence-electron chi connectivity index (χ3n) is 3.13. The van der Waals surface area contributed by atoms with E-state index in [1.165, 1.54) is 11.1 Å². The topological polar surface area (TPSA) is 45.0 Å². The van der Waals surface area contributed by atoms with Crippen LogP contribution in [0.25, 0.3) is 0 Å². The number of rotatable bonds is 6. The number of ether oxygens (including phenoxy) is 1. The summed E-state index contributed by atoms with van der Waals surface area (Å²) < 4.78 is 5.84. The van der Waals surface area contributed by atoms with Crippen molar-refractivity contribution in [1.82, 2.24) is 5.32 Å². The maximum Gasteiger partial charge on any atom is 0.125 e. The molecule has 0 aliphatic heterocycles. The summed E-state index contributed by atoms with van der Waals surface area (Å²) >= 11 is 0. The van der Waals surface area contributed by atoms with Gasteiger partial charge in [-0.1, -0.05) is 19.1 Å². The van der Waals surface area contributed by atoms with Crippen molar-refractivity contribution in [3.8, 4) is 11.8 Å². The van der Waals surface area contributed by atoms with Crippen LogP contribution in [0.2, 0.25) is 0 Å². The highest BCUT2D eigenvalue weighted by Gasteiger charge is 2.09. The standard InChI is InChI=1S/C15H22N2O/c1-5-17-14(10-16)8-9-18-15-12(3)7-6-11(2)13(15)4/h6-7,14,17H,5,8-9H2,1-4H3. The molecule has 0 aliphatic rings. The van der Waals surface area contributed by atoms with Crippen LogP contribution in [0.1, 0.15) is 30.0 Å². The van der Waals surface area contributed by atoms with Gasteiger partial charge in [-0.15, -0.1) is 0 Å². The fourth-order valence-electron chi connectivity index (χ4n) is 1.89. The Morgan fingerprint density at radius 3 is 2.56 bits per heavy atom. The monoisotopic (exact) mass is 246 g/mol. The molecule has 3 nitrogen and oxygen atoms in total. The van der Waals surface area contributed by atoms with E-state index in [0.717, 1.165) is 17.9 Å². The third kappa shape index (κ3) is 3.75. The minimum Gasteiger partial charge on any atom is -0.493 e. The Kier molecular flexibility index (Phi) is 5.67. The molecule has 1 atom stereocenters. The summed E-state index contributed by atoms with van der Waals surface area (Å²) in [6.45, 7) is 9.58. The number of nitrogens with zero attached hydrogens (tertiary/aromatic N) is 1. The zero-order chi connectivity index (χ0) is 13.5. The zero-order valence-corrected chi connectivity index (χ0v) is 11.7. The van der Waals surface area contributed by atoms with Gasteiger partial charge in [-0.2, -0.15) is 5.26 Å². The van der Waals surface area contributed by atoms with E-state index in [1.807, 2.05) is 13.8 Å². The van der Waals surface area contributed by atoms with Gasteiger partial charge in [-0.25, -0.2) is 0 Å². The van der Waals surface area contributed by atoms with Crippen LogP contribution >= 0.6 is 0 Å². The molecular formula is C15H22N2O. The van der Waals surface area contributed by atoms with Crippen molar-refractivity contribution in [3.63, 3.8) is 0 Å². The first kappa shape index (κ1) is 14.5. The van der Waals surface area contributed by atoms with Crippen LogP contribution in [-0.2, 0) is 0 Å². The van der Waals surface area contributed by atoms with E-state index in [2.05, 4.69) is 37.4 Å². The predicted octanol–water partition coefficient (Wildman–Crippen LogP) is 2.88. The van der Waals surface area contributed by atoms with Gasteiger partial charge in [0.15, 0.2) is 0 Å². The quantitative estimate of drug-likeness (QED) is 0.839. The van der Waals surface area contributed by atoms with Crippen molar-refractivity contribution in [2.45, 2.75) is 40.2 Å². The molecule has 0 saturated carbocycles. The van der Waals surface area contributed by atoms with Crippen molar-refractivity contribution < 1.29 is 4.74 Å². The van der Waals surface area contributed by atoms with Gasteiger partial charge in [0, 0.05) is 6.42 Å². The molecular weight excluding hydrogens is 224 g/mol. The Hall–Kier alpha value is -1.53. The third-order valence-corrected chi connectivity index (χ3v) is 3.13. The van der Waals surface area contributed by atoms with Gasteiger partial charge < -0.3 is 10.1 Å². The van der Waals surface area contributed by atoms with E-state index in [-0.39, 0.29) is 6.04 Å². The van der Waals surface area contributed by atoms with Crippen LogP contribution in [-0.4, -0.2) is 19.2 Å². The average Bonchev–Trinajstić information content (AvgIpc) is 2.37. The average molecular weight is 246 g/mol. The van der Waals surface area contributed by atoms with E-state index in [0.29, 0.717) is 13.0 Å². The molecule has 0 amide bonds. The molecule has 98 valence electrons. The largest absolute Gasteiger partial charge is 0.493 e. The maximum atomic E-state index is 8.94. The van der Waals surface area contributed by atoms with Crippen molar-refractivity contribution in [2.24, 2.45) is 0 Å². The van der Waals surface area contributed by atoms with Crippen molar-refractivity contribution in [1.29, 1.82) is 5.26 Å². The summed E-state index contributed by atoms with van der Waals surface area (Å²) in [4.78, 5) is 0. The summed E-state index contributed by atoms with van der Waals surface area (Å²) in [5.74, 6) is 0.961. The molecule has 1 unspecified atom stereocenters. The normalized spacial score (nSPS) is 11.9. The van der Waals surface area contributed by atoms with Crippen LogP contribution in [0.5, 0.6) is 5.75 Å². The van der Waals surface area contributed by atoms with Gasteiger partial charge in [0.05, 0.1) is 18.7 Å². The first-order valence-corrected chi connectivity index (χ1v) is 6.42. The number of hydrogen-bond acceptors (Lipinski definition) is 3. The number of hydrogen-bond donors (Lipinski definition) is 1. The van der Waals surface area contributed by atoms with E-state index in [4.69, 9.17) is 10.00 Å². The van der Waals surface area contributed by atoms with Gasteiger partial charge >= 0.3 is 0 Å². The van der Waals surface area contributed by atoms with Crippen molar-refractivity contribution >= 4 is 0 Å². The zero-order valence-electron chi connectivity index (χ0n) is 11.7.